The van der Waals surface area contributed by atoms with Crippen molar-refractivity contribution in [3.63, 3.8) is 0 Å². The molecule has 4 aliphatic rings. The lowest BCUT2D eigenvalue weighted by Crippen LogP contribution is -2.60. The fourth-order valence-corrected chi connectivity index (χ4v) is 5.66. The van der Waals surface area contributed by atoms with E-state index in [-0.39, 0.29) is 11.5 Å². The zero-order chi connectivity index (χ0) is 20.8. The summed E-state index contributed by atoms with van der Waals surface area (Å²) in [6.45, 7) is 5.41. The molecule has 2 N–H and O–H groups in total. The molecule has 0 amide bonds. The monoisotopic (exact) mass is 423 g/mol. The van der Waals surface area contributed by atoms with Gasteiger partial charge in [0.1, 0.15) is 5.75 Å². The van der Waals surface area contributed by atoms with Crippen molar-refractivity contribution in [2.24, 2.45) is 0 Å². The van der Waals surface area contributed by atoms with Crippen LogP contribution in [0.1, 0.15) is 25.7 Å². The van der Waals surface area contributed by atoms with Crippen molar-refractivity contribution in [2.75, 3.05) is 49.6 Å². The van der Waals surface area contributed by atoms with E-state index < -0.39 is 0 Å². The molecule has 1 unspecified atom stereocenters. The fraction of sp³-hybridized carbons (Fsp3) is 0.565. The zero-order valence-electron chi connectivity index (χ0n) is 17.7. The maximum atomic E-state index is 10.2. The molecule has 1 spiro atoms. The highest BCUT2D eigenvalue weighted by Gasteiger charge is 2.43. The normalized spacial score (nSPS) is 25.8. The Bertz CT molecular complexity index is 954. The number of para-hydroxylation sites is 1. The third-order valence-corrected chi connectivity index (χ3v) is 7.33. The third-order valence-electron chi connectivity index (χ3n) is 7.33. The van der Waals surface area contributed by atoms with E-state index in [0.29, 0.717) is 23.3 Å². The van der Waals surface area contributed by atoms with Crippen LogP contribution in [-0.4, -0.2) is 77.5 Å². The molecule has 3 aliphatic heterocycles. The van der Waals surface area contributed by atoms with Gasteiger partial charge < -0.3 is 24.8 Å². The molecule has 6 rings (SSSR count). The second kappa shape index (κ2) is 7.62. The highest BCUT2D eigenvalue weighted by atomic mass is 16.7. The molecular weight excluding hydrogens is 394 g/mol. The average Bonchev–Trinajstić information content (AvgIpc) is 3.27. The summed E-state index contributed by atoms with van der Waals surface area (Å²) in [5, 5.41) is 22.5. The average molecular weight is 424 g/mol. The summed E-state index contributed by atoms with van der Waals surface area (Å²) in [6, 6.07) is 10.4. The van der Waals surface area contributed by atoms with Crippen molar-refractivity contribution in [1.82, 2.24) is 15.1 Å². The Kier molecular flexibility index (Phi) is 4.74. The standard InChI is InChI=1S/C23H29N5O3/c29-21-4-2-1-3-18(21)19-13-20-22(26-25-19)24-14-17-15-27(9-10-28(17)20)16-5-7-23(8-6-16)30-11-12-31-23/h1-4,13,16-17,29H,5-12,14-15H2,(H,24,26). The molecule has 164 valence electrons. The van der Waals surface area contributed by atoms with Crippen molar-refractivity contribution < 1.29 is 14.6 Å². The Morgan fingerprint density at radius 1 is 1.03 bits per heavy atom. The number of aromatic hydroxyl groups is 1. The number of anilines is 2. The molecule has 1 aliphatic carbocycles. The summed E-state index contributed by atoms with van der Waals surface area (Å²) < 4.78 is 11.8. The Labute approximate surface area is 182 Å². The molecule has 2 aromatic rings. The number of hydrogen-bond donors (Lipinski definition) is 2. The molecular formula is C23H29N5O3. The summed E-state index contributed by atoms with van der Waals surface area (Å²) in [5.41, 5.74) is 2.50. The third kappa shape index (κ3) is 3.43. The molecule has 2 saturated heterocycles. The van der Waals surface area contributed by atoms with Gasteiger partial charge in [-0.3, -0.25) is 4.90 Å². The number of phenols is 1. The Morgan fingerprint density at radius 3 is 2.65 bits per heavy atom. The van der Waals surface area contributed by atoms with E-state index in [2.05, 4.69) is 31.4 Å². The lowest BCUT2D eigenvalue weighted by molar-refractivity contribution is -0.184. The first kappa shape index (κ1) is 19.3. The van der Waals surface area contributed by atoms with Crippen LogP contribution in [-0.2, 0) is 9.47 Å². The van der Waals surface area contributed by atoms with Gasteiger partial charge in [-0.05, 0) is 31.0 Å². The topological polar surface area (TPSA) is 83.0 Å². The van der Waals surface area contributed by atoms with E-state index in [1.54, 1.807) is 6.07 Å². The van der Waals surface area contributed by atoms with Crippen molar-refractivity contribution >= 4 is 11.5 Å². The SMILES string of the molecule is Oc1ccccc1-c1cc2c(nn1)NCC1CN(C3CCC4(CC3)OCCO4)CCN21. The van der Waals surface area contributed by atoms with E-state index in [1.165, 1.54) is 0 Å². The molecule has 31 heavy (non-hydrogen) atoms. The van der Waals surface area contributed by atoms with Gasteiger partial charge in [0.15, 0.2) is 11.6 Å². The smallest absolute Gasteiger partial charge is 0.172 e. The molecule has 4 heterocycles. The van der Waals surface area contributed by atoms with Crippen LogP contribution < -0.4 is 10.2 Å². The predicted octanol–water partition coefficient (Wildman–Crippen LogP) is 2.45. The number of fused-ring (bicyclic) bond motifs is 3. The summed E-state index contributed by atoms with van der Waals surface area (Å²) in [4.78, 5) is 5.13. The zero-order valence-corrected chi connectivity index (χ0v) is 17.7. The number of aromatic nitrogens is 2. The molecule has 8 nitrogen and oxygen atoms in total. The van der Waals surface area contributed by atoms with Crippen molar-refractivity contribution in [3.05, 3.63) is 30.3 Å². The quantitative estimate of drug-likeness (QED) is 0.762. The second-order valence-electron chi connectivity index (χ2n) is 9.04. The molecule has 1 aromatic carbocycles. The number of phenolic OH excluding ortho intramolecular Hbond substituents is 1. The minimum absolute atomic E-state index is 0.229. The summed E-state index contributed by atoms with van der Waals surface area (Å²) in [7, 11) is 0. The predicted molar refractivity (Wildman–Crippen MR) is 117 cm³/mol. The molecule has 1 aromatic heterocycles. The van der Waals surface area contributed by atoms with Gasteiger partial charge in [0.05, 0.1) is 30.6 Å². The summed E-state index contributed by atoms with van der Waals surface area (Å²) >= 11 is 0. The van der Waals surface area contributed by atoms with Gasteiger partial charge in [0.25, 0.3) is 0 Å². The highest BCUT2D eigenvalue weighted by Crippen LogP contribution is 2.40. The van der Waals surface area contributed by atoms with Crippen LogP contribution in [0.3, 0.4) is 0 Å². The lowest BCUT2D eigenvalue weighted by atomic mass is 9.88. The number of nitrogens with zero attached hydrogens (tertiary/aromatic N) is 4. The first-order chi connectivity index (χ1) is 15.2. The Morgan fingerprint density at radius 2 is 1.84 bits per heavy atom. The number of ether oxygens (including phenoxy) is 2. The van der Waals surface area contributed by atoms with Crippen LogP contribution in [0.5, 0.6) is 5.75 Å². The molecule has 1 saturated carbocycles. The van der Waals surface area contributed by atoms with E-state index >= 15 is 0 Å². The minimum Gasteiger partial charge on any atom is -0.507 e. The largest absolute Gasteiger partial charge is 0.507 e. The van der Waals surface area contributed by atoms with E-state index in [9.17, 15) is 5.11 Å². The van der Waals surface area contributed by atoms with Crippen molar-refractivity contribution in [3.8, 4) is 17.0 Å². The molecule has 1 atom stereocenters. The molecule has 0 bridgehead atoms. The van der Waals surface area contributed by atoms with Crippen LogP contribution in [0.2, 0.25) is 0 Å². The second-order valence-corrected chi connectivity index (χ2v) is 9.04. The number of nitrogens with one attached hydrogen (secondary N) is 1. The maximum absolute atomic E-state index is 10.2. The number of hydrogen-bond acceptors (Lipinski definition) is 8. The Hall–Kier alpha value is -2.42. The Balaban J connectivity index is 1.17. The molecule has 0 radical (unpaired) electrons. The van der Waals surface area contributed by atoms with Gasteiger partial charge in [0.2, 0.25) is 0 Å². The van der Waals surface area contributed by atoms with Crippen LogP contribution in [0.25, 0.3) is 11.3 Å². The van der Waals surface area contributed by atoms with Crippen molar-refractivity contribution in [2.45, 2.75) is 43.6 Å². The van der Waals surface area contributed by atoms with Gasteiger partial charge in [0, 0.05) is 50.6 Å². The van der Waals surface area contributed by atoms with Crippen LogP contribution in [0.15, 0.2) is 30.3 Å². The minimum atomic E-state index is -0.290. The van der Waals surface area contributed by atoms with Gasteiger partial charge in [-0.1, -0.05) is 12.1 Å². The highest BCUT2D eigenvalue weighted by molar-refractivity contribution is 5.76. The lowest BCUT2D eigenvalue weighted by Gasteiger charge is -2.49. The van der Waals surface area contributed by atoms with Gasteiger partial charge in [-0.2, -0.15) is 0 Å². The maximum Gasteiger partial charge on any atom is 0.172 e. The number of piperazine rings is 1. The first-order valence-electron chi connectivity index (χ1n) is 11.4. The summed E-state index contributed by atoms with van der Waals surface area (Å²) in [6.07, 6.45) is 4.28. The fourth-order valence-electron chi connectivity index (χ4n) is 5.66. The van der Waals surface area contributed by atoms with Crippen LogP contribution in [0.4, 0.5) is 11.5 Å². The van der Waals surface area contributed by atoms with E-state index in [4.69, 9.17) is 9.47 Å². The van der Waals surface area contributed by atoms with Gasteiger partial charge in [-0.15, -0.1) is 10.2 Å². The first-order valence-corrected chi connectivity index (χ1v) is 11.4. The van der Waals surface area contributed by atoms with Crippen molar-refractivity contribution in [1.29, 1.82) is 0 Å². The van der Waals surface area contributed by atoms with Gasteiger partial charge in [-0.25, -0.2) is 0 Å². The summed E-state index contributed by atoms with van der Waals surface area (Å²) in [5.74, 6) is 0.771. The number of benzene rings is 1. The van der Waals surface area contributed by atoms with Gasteiger partial charge >= 0.3 is 0 Å². The number of rotatable bonds is 2. The van der Waals surface area contributed by atoms with E-state index in [1.807, 2.05) is 18.2 Å². The van der Waals surface area contributed by atoms with E-state index in [0.717, 1.165) is 76.6 Å². The molecule has 8 heteroatoms. The van der Waals surface area contributed by atoms with Crippen LogP contribution >= 0.6 is 0 Å². The molecule has 3 fully saturated rings. The van der Waals surface area contributed by atoms with Crippen LogP contribution in [0, 0.1) is 0 Å².